The van der Waals surface area contributed by atoms with Gasteiger partial charge in [-0.25, -0.2) is 0 Å². The number of nitrogens with one attached hydrogen (secondary N) is 1. The second-order valence-electron chi connectivity index (χ2n) is 4.99. The van der Waals surface area contributed by atoms with Crippen LogP contribution in [0.1, 0.15) is 4.88 Å². The SMILES string of the molecule is CN=C(NCCN1CCSCC1)N(C)Cc1ccc(Br)s1.I. The summed E-state index contributed by atoms with van der Waals surface area (Å²) < 4.78 is 1.18. The van der Waals surface area contributed by atoms with Crippen molar-refractivity contribution in [3.63, 3.8) is 0 Å². The first-order chi connectivity index (χ1) is 10.2. The van der Waals surface area contributed by atoms with Crippen LogP contribution in [0.25, 0.3) is 0 Å². The first-order valence-electron chi connectivity index (χ1n) is 7.15. The van der Waals surface area contributed by atoms with Crippen molar-refractivity contribution in [3.05, 3.63) is 20.8 Å². The second kappa shape index (κ2) is 11.1. The van der Waals surface area contributed by atoms with Gasteiger partial charge >= 0.3 is 0 Å². The van der Waals surface area contributed by atoms with E-state index in [2.05, 4.69) is 67.0 Å². The van der Waals surface area contributed by atoms with Gasteiger partial charge in [-0.05, 0) is 28.1 Å². The van der Waals surface area contributed by atoms with E-state index in [4.69, 9.17) is 0 Å². The quantitative estimate of drug-likeness (QED) is 0.368. The van der Waals surface area contributed by atoms with Crippen LogP contribution in [0.15, 0.2) is 20.9 Å². The fraction of sp³-hybridized carbons (Fsp3) is 0.643. The molecule has 2 rings (SSSR count). The van der Waals surface area contributed by atoms with Crippen LogP contribution in [0.2, 0.25) is 0 Å². The number of guanidine groups is 1. The Morgan fingerprint density at radius 2 is 2.14 bits per heavy atom. The van der Waals surface area contributed by atoms with Crippen molar-refractivity contribution < 1.29 is 0 Å². The Morgan fingerprint density at radius 1 is 1.41 bits per heavy atom. The number of nitrogens with zero attached hydrogens (tertiary/aromatic N) is 3. The van der Waals surface area contributed by atoms with E-state index >= 15 is 0 Å². The van der Waals surface area contributed by atoms with Crippen molar-refractivity contribution in [1.29, 1.82) is 0 Å². The molecule has 1 aliphatic rings. The molecule has 0 bridgehead atoms. The summed E-state index contributed by atoms with van der Waals surface area (Å²) >= 11 is 7.34. The maximum Gasteiger partial charge on any atom is 0.193 e. The van der Waals surface area contributed by atoms with Gasteiger partial charge in [-0.2, -0.15) is 11.8 Å². The third-order valence-electron chi connectivity index (χ3n) is 3.41. The van der Waals surface area contributed by atoms with Crippen molar-refractivity contribution in [1.82, 2.24) is 15.1 Å². The highest BCUT2D eigenvalue weighted by Crippen LogP contribution is 2.22. The molecule has 8 heteroatoms. The van der Waals surface area contributed by atoms with Gasteiger partial charge in [0.15, 0.2) is 5.96 Å². The van der Waals surface area contributed by atoms with E-state index in [9.17, 15) is 0 Å². The number of rotatable bonds is 5. The van der Waals surface area contributed by atoms with Crippen molar-refractivity contribution in [2.75, 3.05) is 51.8 Å². The van der Waals surface area contributed by atoms with Gasteiger partial charge in [0.25, 0.3) is 0 Å². The molecular formula is C14H24BrIN4S2. The normalized spacial score (nSPS) is 16.2. The highest BCUT2D eigenvalue weighted by atomic mass is 127. The summed E-state index contributed by atoms with van der Waals surface area (Å²) in [5, 5.41) is 3.46. The minimum Gasteiger partial charge on any atom is -0.355 e. The summed E-state index contributed by atoms with van der Waals surface area (Å²) in [6.45, 7) is 5.36. The molecule has 0 aromatic carbocycles. The van der Waals surface area contributed by atoms with Crippen LogP contribution in [0, 0.1) is 0 Å². The number of hydrogen-bond acceptors (Lipinski definition) is 4. The van der Waals surface area contributed by atoms with Crippen molar-refractivity contribution in [3.8, 4) is 0 Å². The topological polar surface area (TPSA) is 30.9 Å². The summed E-state index contributed by atoms with van der Waals surface area (Å²) in [5.41, 5.74) is 0. The molecule has 1 fully saturated rings. The van der Waals surface area contributed by atoms with Crippen LogP contribution in [0.5, 0.6) is 0 Å². The lowest BCUT2D eigenvalue weighted by Gasteiger charge is -2.27. The lowest BCUT2D eigenvalue weighted by atomic mass is 10.4. The molecule has 1 aromatic heterocycles. The maximum absolute atomic E-state index is 4.38. The lowest BCUT2D eigenvalue weighted by Crippen LogP contribution is -2.43. The molecule has 126 valence electrons. The molecule has 22 heavy (non-hydrogen) atoms. The Balaban J connectivity index is 0.00000242. The van der Waals surface area contributed by atoms with E-state index in [0.29, 0.717) is 0 Å². The van der Waals surface area contributed by atoms with Crippen LogP contribution in [0.3, 0.4) is 0 Å². The minimum absolute atomic E-state index is 0. The second-order valence-corrected chi connectivity index (χ2v) is 8.76. The molecule has 4 nitrogen and oxygen atoms in total. The number of halogens is 2. The van der Waals surface area contributed by atoms with Crippen LogP contribution >= 0.6 is 63.0 Å². The lowest BCUT2D eigenvalue weighted by molar-refractivity contribution is 0.305. The third kappa shape index (κ3) is 6.94. The van der Waals surface area contributed by atoms with Gasteiger partial charge in [-0.15, -0.1) is 35.3 Å². The molecule has 0 radical (unpaired) electrons. The molecular weight excluding hydrogens is 495 g/mol. The van der Waals surface area contributed by atoms with Gasteiger partial charge in [0.05, 0.1) is 10.3 Å². The van der Waals surface area contributed by atoms with Gasteiger partial charge in [0.1, 0.15) is 0 Å². The highest BCUT2D eigenvalue weighted by molar-refractivity contribution is 14.0. The molecule has 0 atom stereocenters. The van der Waals surface area contributed by atoms with Gasteiger partial charge < -0.3 is 10.2 Å². The monoisotopic (exact) mass is 518 g/mol. The Bertz CT molecular complexity index is 463. The summed E-state index contributed by atoms with van der Waals surface area (Å²) in [4.78, 5) is 10.4. The summed E-state index contributed by atoms with van der Waals surface area (Å²) in [6, 6.07) is 4.25. The smallest absolute Gasteiger partial charge is 0.193 e. The van der Waals surface area contributed by atoms with E-state index in [1.54, 1.807) is 11.3 Å². The van der Waals surface area contributed by atoms with E-state index in [1.165, 1.54) is 33.3 Å². The fourth-order valence-electron chi connectivity index (χ4n) is 2.28. The molecule has 2 heterocycles. The largest absolute Gasteiger partial charge is 0.355 e. The Morgan fingerprint density at radius 3 is 2.73 bits per heavy atom. The molecule has 1 saturated heterocycles. The standard InChI is InChI=1S/C14H23BrN4S2.HI/c1-16-14(17-5-6-19-7-9-20-10-8-19)18(2)11-12-3-4-13(15)21-12;/h3-4H,5-11H2,1-2H3,(H,16,17);1H. The van der Waals surface area contributed by atoms with Crippen LogP contribution < -0.4 is 5.32 Å². The van der Waals surface area contributed by atoms with E-state index in [1.807, 2.05) is 7.05 Å². The minimum atomic E-state index is 0. The number of aliphatic imine (C=N–C) groups is 1. The molecule has 0 spiro atoms. The highest BCUT2D eigenvalue weighted by Gasteiger charge is 2.11. The molecule has 0 saturated carbocycles. The van der Waals surface area contributed by atoms with E-state index in [0.717, 1.165) is 25.6 Å². The van der Waals surface area contributed by atoms with Crippen LogP contribution in [0.4, 0.5) is 0 Å². The molecule has 0 unspecified atom stereocenters. The van der Waals surface area contributed by atoms with Crippen molar-refractivity contribution in [2.45, 2.75) is 6.54 Å². The average Bonchev–Trinajstić information content (AvgIpc) is 2.89. The van der Waals surface area contributed by atoms with Gasteiger partial charge in [0.2, 0.25) is 0 Å². The van der Waals surface area contributed by atoms with Crippen molar-refractivity contribution in [2.24, 2.45) is 4.99 Å². The van der Waals surface area contributed by atoms with Gasteiger partial charge in [0, 0.05) is 56.7 Å². The Hall–Kier alpha value is 0.490. The average molecular weight is 519 g/mol. The van der Waals surface area contributed by atoms with E-state index < -0.39 is 0 Å². The predicted octanol–water partition coefficient (Wildman–Crippen LogP) is 3.18. The first kappa shape index (κ1) is 20.5. The van der Waals surface area contributed by atoms with Crippen LogP contribution in [-0.2, 0) is 6.54 Å². The van der Waals surface area contributed by atoms with E-state index in [-0.39, 0.29) is 24.0 Å². The zero-order valence-corrected chi connectivity index (χ0v) is 18.6. The fourth-order valence-corrected chi connectivity index (χ4v) is 4.80. The Labute approximate surface area is 167 Å². The molecule has 1 aromatic rings. The predicted molar refractivity (Wildman–Crippen MR) is 114 cm³/mol. The Kier molecular flexibility index (Phi) is 10.4. The molecule has 1 aliphatic heterocycles. The summed E-state index contributed by atoms with van der Waals surface area (Å²) in [6.07, 6.45) is 0. The number of hydrogen-bond donors (Lipinski definition) is 1. The first-order valence-corrected chi connectivity index (χ1v) is 9.91. The number of thioether (sulfide) groups is 1. The van der Waals surface area contributed by atoms with Gasteiger partial charge in [-0.1, -0.05) is 0 Å². The zero-order valence-electron chi connectivity index (χ0n) is 13.0. The summed E-state index contributed by atoms with van der Waals surface area (Å²) in [5.74, 6) is 3.50. The third-order valence-corrected chi connectivity index (χ3v) is 5.96. The summed E-state index contributed by atoms with van der Waals surface area (Å²) in [7, 11) is 3.93. The molecule has 0 amide bonds. The van der Waals surface area contributed by atoms with Crippen LogP contribution in [-0.4, -0.2) is 67.5 Å². The molecule has 1 N–H and O–H groups in total. The molecule has 0 aliphatic carbocycles. The zero-order chi connectivity index (χ0) is 15.1. The van der Waals surface area contributed by atoms with Crippen molar-refractivity contribution >= 4 is 69.0 Å². The van der Waals surface area contributed by atoms with Gasteiger partial charge in [-0.3, -0.25) is 9.89 Å². The number of thiophene rings is 1. The maximum atomic E-state index is 4.38.